The normalized spacial score (nSPS) is 10.3. The molecule has 0 unspecified atom stereocenters. The lowest BCUT2D eigenvalue weighted by Crippen LogP contribution is -1.95. The smallest absolute Gasteiger partial charge is 0.311 e. The summed E-state index contributed by atoms with van der Waals surface area (Å²) in [5, 5.41) is 31.3. The van der Waals surface area contributed by atoms with Gasteiger partial charge < -0.3 is 10.2 Å². The number of nitrogens with zero attached hydrogens (tertiary/aromatic N) is 1. The monoisotopic (exact) mass is 311 g/mol. The summed E-state index contributed by atoms with van der Waals surface area (Å²) in [4.78, 5) is 10.5. The average molecular weight is 311 g/mol. The molecule has 2 rings (SSSR count). The first-order chi connectivity index (χ1) is 11.0. The van der Waals surface area contributed by atoms with Gasteiger partial charge in [-0.1, -0.05) is 18.2 Å². The third kappa shape index (κ3) is 3.40. The Morgan fingerprint density at radius 2 is 1.78 bits per heavy atom. The van der Waals surface area contributed by atoms with Crippen molar-refractivity contribution in [2.24, 2.45) is 0 Å². The Morgan fingerprint density at radius 3 is 2.39 bits per heavy atom. The van der Waals surface area contributed by atoms with Gasteiger partial charge in [-0.25, -0.2) is 0 Å². The number of nitro benzene ring substituents is 1. The number of hydrogen-bond acceptors (Lipinski definition) is 4. The lowest BCUT2D eigenvalue weighted by Gasteiger charge is -2.10. The fourth-order valence-electron chi connectivity index (χ4n) is 2.39. The molecule has 0 spiro atoms. The zero-order valence-corrected chi connectivity index (χ0v) is 12.5. The van der Waals surface area contributed by atoms with Gasteiger partial charge in [-0.15, -0.1) is 13.2 Å². The Morgan fingerprint density at radius 1 is 1.09 bits per heavy atom. The van der Waals surface area contributed by atoms with Gasteiger partial charge >= 0.3 is 5.69 Å². The van der Waals surface area contributed by atoms with Crippen LogP contribution in [0.25, 0.3) is 11.1 Å². The van der Waals surface area contributed by atoms with E-state index in [2.05, 4.69) is 13.2 Å². The number of benzene rings is 2. The van der Waals surface area contributed by atoms with E-state index in [9.17, 15) is 20.3 Å². The second kappa shape index (κ2) is 6.79. The fourth-order valence-corrected chi connectivity index (χ4v) is 2.39. The van der Waals surface area contributed by atoms with Crippen molar-refractivity contribution in [3.05, 3.63) is 76.9 Å². The molecule has 0 bridgehead atoms. The van der Waals surface area contributed by atoms with Gasteiger partial charge in [0.2, 0.25) is 0 Å². The summed E-state index contributed by atoms with van der Waals surface area (Å²) in [7, 11) is 0. The van der Waals surface area contributed by atoms with E-state index in [1.165, 1.54) is 6.07 Å². The quantitative estimate of drug-likeness (QED) is 0.477. The molecule has 23 heavy (non-hydrogen) atoms. The van der Waals surface area contributed by atoms with Gasteiger partial charge in [0.1, 0.15) is 5.75 Å². The minimum Gasteiger partial charge on any atom is -0.507 e. The highest BCUT2D eigenvalue weighted by Gasteiger charge is 2.20. The summed E-state index contributed by atoms with van der Waals surface area (Å²) < 4.78 is 0. The molecule has 0 fully saturated rings. The predicted octanol–water partition coefficient (Wildman–Crippen LogP) is 4.13. The van der Waals surface area contributed by atoms with Crippen LogP contribution in [-0.4, -0.2) is 15.1 Å². The SMILES string of the molecule is C=CCc1ccc(O)c(-c2cc(CC=C)c(O)c([N+](=O)[O-])c2)c1. The van der Waals surface area contributed by atoms with Gasteiger partial charge in [0.25, 0.3) is 0 Å². The molecule has 5 heteroatoms. The van der Waals surface area contributed by atoms with Crippen LogP contribution in [0.4, 0.5) is 5.69 Å². The first-order valence-corrected chi connectivity index (χ1v) is 7.02. The molecule has 0 aromatic heterocycles. The van der Waals surface area contributed by atoms with Crippen LogP contribution in [0.3, 0.4) is 0 Å². The molecule has 0 radical (unpaired) electrons. The number of allylic oxidation sites excluding steroid dienone is 2. The molecule has 0 heterocycles. The standard InChI is InChI=1S/C18H17NO4/c1-3-5-12-7-8-17(20)15(9-12)14-10-13(6-4-2)18(21)16(11-14)19(22)23/h3-4,7-11,20-21H,1-2,5-6H2. The van der Waals surface area contributed by atoms with Crippen LogP contribution in [0.1, 0.15) is 11.1 Å². The van der Waals surface area contributed by atoms with E-state index in [-0.39, 0.29) is 17.9 Å². The molecular formula is C18H17NO4. The van der Waals surface area contributed by atoms with Gasteiger partial charge in [0, 0.05) is 17.2 Å². The summed E-state index contributed by atoms with van der Waals surface area (Å²) in [5.41, 5.74) is 1.85. The maximum Gasteiger partial charge on any atom is 0.311 e. The van der Waals surface area contributed by atoms with Crippen LogP contribution >= 0.6 is 0 Å². The first kappa shape index (κ1) is 16.3. The van der Waals surface area contributed by atoms with Crippen molar-refractivity contribution in [3.63, 3.8) is 0 Å². The van der Waals surface area contributed by atoms with Crippen LogP contribution in [0.15, 0.2) is 55.6 Å². The highest BCUT2D eigenvalue weighted by Crippen LogP contribution is 2.38. The highest BCUT2D eigenvalue weighted by atomic mass is 16.6. The molecule has 2 aromatic carbocycles. The van der Waals surface area contributed by atoms with Crippen LogP contribution in [-0.2, 0) is 12.8 Å². The first-order valence-electron chi connectivity index (χ1n) is 7.02. The lowest BCUT2D eigenvalue weighted by molar-refractivity contribution is -0.385. The topological polar surface area (TPSA) is 83.6 Å². The molecule has 2 aromatic rings. The molecular weight excluding hydrogens is 294 g/mol. The zero-order chi connectivity index (χ0) is 17.0. The largest absolute Gasteiger partial charge is 0.507 e. The zero-order valence-electron chi connectivity index (χ0n) is 12.5. The van der Waals surface area contributed by atoms with Crippen molar-refractivity contribution < 1.29 is 15.1 Å². The average Bonchev–Trinajstić information content (AvgIpc) is 2.51. The second-order valence-corrected chi connectivity index (χ2v) is 5.10. The van der Waals surface area contributed by atoms with Gasteiger partial charge in [0.05, 0.1) is 4.92 Å². The highest BCUT2D eigenvalue weighted by molar-refractivity contribution is 5.75. The van der Waals surface area contributed by atoms with E-state index in [1.807, 2.05) is 0 Å². The fraction of sp³-hybridized carbons (Fsp3) is 0.111. The molecule has 0 amide bonds. The third-order valence-corrected chi connectivity index (χ3v) is 3.48. The van der Waals surface area contributed by atoms with Crippen molar-refractivity contribution in [1.82, 2.24) is 0 Å². The van der Waals surface area contributed by atoms with E-state index in [4.69, 9.17) is 0 Å². The van der Waals surface area contributed by atoms with Crippen molar-refractivity contribution in [3.8, 4) is 22.6 Å². The van der Waals surface area contributed by atoms with Crippen molar-refractivity contribution in [2.75, 3.05) is 0 Å². The Bertz CT molecular complexity index is 781. The van der Waals surface area contributed by atoms with Crippen LogP contribution < -0.4 is 0 Å². The Labute approximate surface area is 134 Å². The van der Waals surface area contributed by atoms with E-state index in [0.717, 1.165) is 5.56 Å². The summed E-state index contributed by atoms with van der Waals surface area (Å²) >= 11 is 0. The van der Waals surface area contributed by atoms with E-state index in [0.29, 0.717) is 23.1 Å². The summed E-state index contributed by atoms with van der Waals surface area (Å²) in [6.45, 7) is 7.26. The lowest BCUT2D eigenvalue weighted by atomic mass is 9.96. The van der Waals surface area contributed by atoms with Crippen molar-refractivity contribution in [2.45, 2.75) is 12.8 Å². The number of hydrogen-bond donors (Lipinski definition) is 2. The van der Waals surface area contributed by atoms with Gasteiger partial charge in [-0.05, 0) is 42.2 Å². The molecule has 5 nitrogen and oxygen atoms in total. The maximum atomic E-state index is 11.2. The van der Waals surface area contributed by atoms with Gasteiger partial charge in [-0.3, -0.25) is 10.1 Å². The maximum absolute atomic E-state index is 11.2. The summed E-state index contributed by atoms with van der Waals surface area (Å²) in [6, 6.07) is 7.94. The van der Waals surface area contributed by atoms with Crippen molar-refractivity contribution in [1.29, 1.82) is 0 Å². The third-order valence-electron chi connectivity index (χ3n) is 3.48. The molecule has 0 aliphatic carbocycles. The molecule has 118 valence electrons. The molecule has 0 saturated carbocycles. The molecule has 0 aliphatic heterocycles. The van der Waals surface area contributed by atoms with Gasteiger partial charge in [0.15, 0.2) is 5.75 Å². The second-order valence-electron chi connectivity index (χ2n) is 5.10. The van der Waals surface area contributed by atoms with Crippen LogP contribution in [0, 0.1) is 10.1 Å². The minimum atomic E-state index is -0.643. The Kier molecular flexibility index (Phi) is 4.81. The van der Waals surface area contributed by atoms with E-state index in [1.54, 1.807) is 36.4 Å². The molecule has 0 saturated heterocycles. The van der Waals surface area contributed by atoms with Crippen molar-refractivity contribution >= 4 is 5.69 Å². The summed E-state index contributed by atoms with van der Waals surface area (Å²) in [5.74, 6) is -0.359. The van der Waals surface area contributed by atoms with Crippen LogP contribution in [0.2, 0.25) is 0 Å². The Hall–Kier alpha value is -3.08. The molecule has 0 aliphatic rings. The molecule has 0 atom stereocenters. The summed E-state index contributed by atoms with van der Waals surface area (Å²) in [6.07, 6.45) is 4.19. The van der Waals surface area contributed by atoms with Gasteiger partial charge in [-0.2, -0.15) is 0 Å². The predicted molar refractivity (Wildman–Crippen MR) is 89.7 cm³/mol. The van der Waals surface area contributed by atoms with Crippen LogP contribution in [0.5, 0.6) is 11.5 Å². The number of rotatable bonds is 6. The number of nitro groups is 1. The Balaban J connectivity index is 2.67. The number of phenolic OH excluding ortho intramolecular Hbond substituents is 2. The minimum absolute atomic E-state index is 0.0161. The van der Waals surface area contributed by atoms with E-state index < -0.39 is 10.6 Å². The molecule has 2 N–H and O–H groups in total. The number of aromatic hydroxyl groups is 2. The van der Waals surface area contributed by atoms with E-state index >= 15 is 0 Å². The number of phenols is 2.